The quantitative estimate of drug-likeness (QED) is 0.903. The minimum absolute atomic E-state index is 0.175. The molecule has 0 saturated carbocycles. The Labute approximate surface area is 145 Å². The Bertz CT molecular complexity index is 803. The number of nitriles is 1. The van der Waals surface area contributed by atoms with E-state index in [1.807, 2.05) is 0 Å². The van der Waals surface area contributed by atoms with Gasteiger partial charge in [-0.25, -0.2) is 4.98 Å². The highest BCUT2D eigenvalue weighted by Gasteiger charge is 2.25. The van der Waals surface area contributed by atoms with Crippen LogP contribution in [0, 0.1) is 11.3 Å². The van der Waals surface area contributed by atoms with Crippen molar-refractivity contribution in [1.82, 2.24) is 4.98 Å². The first-order chi connectivity index (χ1) is 11.8. The lowest BCUT2D eigenvalue weighted by molar-refractivity contribution is 0.0172. The van der Waals surface area contributed by atoms with Gasteiger partial charge in [0.2, 0.25) is 0 Å². The Morgan fingerprint density at radius 2 is 2.21 bits per heavy atom. The number of nitrogens with zero attached hydrogens (tertiary/aromatic N) is 2. The van der Waals surface area contributed by atoms with Crippen molar-refractivity contribution in [2.75, 3.05) is 18.9 Å². The van der Waals surface area contributed by atoms with Crippen LogP contribution in [0.15, 0.2) is 12.1 Å². The van der Waals surface area contributed by atoms with Crippen LogP contribution in [-0.2, 0) is 22.5 Å². The summed E-state index contributed by atoms with van der Waals surface area (Å²) in [6.45, 7) is 1.96. The molecule has 5 nitrogen and oxygen atoms in total. The summed E-state index contributed by atoms with van der Waals surface area (Å²) in [5.74, 6) is 0.317. The van der Waals surface area contributed by atoms with Crippen molar-refractivity contribution in [3.63, 3.8) is 0 Å². The fraction of sp³-hybridized carbons (Fsp3) is 0.444. The molecule has 0 aromatic carbocycles. The molecule has 0 bridgehead atoms. The van der Waals surface area contributed by atoms with Crippen LogP contribution in [0.25, 0.3) is 10.4 Å². The number of rotatable bonds is 2. The van der Waals surface area contributed by atoms with E-state index >= 15 is 0 Å². The summed E-state index contributed by atoms with van der Waals surface area (Å²) in [7, 11) is 0. The predicted octanol–water partition coefficient (Wildman–Crippen LogP) is 3.58. The first-order valence-corrected chi connectivity index (χ1v) is 9.10. The molecule has 0 unspecified atom stereocenters. The molecule has 4 heterocycles. The molecule has 0 radical (unpaired) electrons. The minimum Gasteiger partial charge on any atom is -0.383 e. The summed E-state index contributed by atoms with van der Waals surface area (Å²) in [4.78, 5) is 6.69. The third kappa shape index (κ3) is 2.69. The summed E-state index contributed by atoms with van der Waals surface area (Å²) in [6, 6.07) is 6.42. The van der Waals surface area contributed by atoms with E-state index in [9.17, 15) is 5.26 Å². The molecule has 0 amide bonds. The third-order valence-corrected chi connectivity index (χ3v) is 5.82. The summed E-state index contributed by atoms with van der Waals surface area (Å²) in [5.41, 5.74) is 9.36. The van der Waals surface area contributed by atoms with Gasteiger partial charge < -0.3 is 15.2 Å². The Kier molecular flexibility index (Phi) is 4.23. The monoisotopic (exact) mass is 341 g/mol. The van der Waals surface area contributed by atoms with E-state index in [2.05, 4.69) is 23.2 Å². The number of aromatic nitrogens is 1. The fourth-order valence-electron chi connectivity index (χ4n) is 3.41. The maximum atomic E-state index is 9.59. The first-order valence-electron chi connectivity index (χ1n) is 8.28. The predicted molar refractivity (Wildman–Crippen MR) is 92.6 cm³/mol. The average Bonchev–Trinajstić information content (AvgIpc) is 3.11. The van der Waals surface area contributed by atoms with Crippen molar-refractivity contribution in [2.24, 2.45) is 0 Å². The highest BCUT2D eigenvalue weighted by molar-refractivity contribution is 7.15. The zero-order valence-corrected chi connectivity index (χ0v) is 14.2. The molecule has 6 heteroatoms. The van der Waals surface area contributed by atoms with Crippen LogP contribution >= 0.6 is 11.3 Å². The van der Waals surface area contributed by atoms with Gasteiger partial charge in [0.1, 0.15) is 17.5 Å². The van der Waals surface area contributed by atoms with Crippen LogP contribution < -0.4 is 5.73 Å². The second-order valence-electron chi connectivity index (χ2n) is 6.14. The fourth-order valence-corrected chi connectivity index (χ4v) is 4.58. The largest absolute Gasteiger partial charge is 0.383 e. The number of nitrogens with two attached hydrogens (primary N) is 1. The van der Waals surface area contributed by atoms with Crippen molar-refractivity contribution >= 4 is 17.2 Å². The molecule has 0 aliphatic carbocycles. The molecule has 0 spiro atoms. The minimum atomic E-state index is 0.175. The van der Waals surface area contributed by atoms with Crippen molar-refractivity contribution in [2.45, 2.75) is 38.4 Å². The number of ether oxygens (including phenoxy) is 2. The van der Waals surface area contributed by atoms with Gasteiger partial charge in [-0.3, -0.25) is 0 Å². The summed E-state index contributed by atoms with van der Waals surface area (Å²) >= 11 is 1.69. The van der Waals surface area contributed by atoms with E-state index in [0.29, 0.717) is 24.6 Å². The molecular weight excluding hydrogens is 322 g/mol. The van der Waals surface area contributed by atoms with Gasteiger partial charge in [-0.1, -0.05) is 0 Å². The molecule has 2 aliphatic rings. The van der Waals surface area contributed by atoms with Gasteiger partial charge in [0.25, 0.3) is 0 Å². The maximum Gasteiger partial charge on any atom is 0.142 e. The highest BCUT2D eigenvalue weighted by Crippen LogP contribution is 2.41. The van der Waals surface area contributed by atoms with E-state index in [1.54, 1.807) is 11.3 Å². The van der Waals surface area contributed by atoms with Gasteiger partial charge in [0.05, 0.1) is 25.0 Å². The lowest BCUT2D eigenvalue weighted by Crippen LogP contribution is -2.15. The van der Waals surface area contributed by atoms with E-state index in [1.165, 1.54) is 11.3 Å². The van der Waals surface area contributed by atoms with Gasteiger partial charge >= 0.3 is 0 Å². The zero-order valence-electron chi connectivity index (χ0n) is 13.4. The Hall–Kier alpha value is -1.94. The Balaban J connectivity index is 1.80. The molecule has 2 aromatic rings. The number of nitrogen functional groups attached to an aromatic ring is 1. The van der Waals surface area contributed by atoms with Gasteiger partial charge in [0.15, 0.2) is 0 Å². The highest BCUT2D eigenvalue weighted by atomic mass is 32.1. The van der Waals surface area contributed by atoms with Crippen LogP contribution in [0.3, 0.4) is 0 Å². The number of thiophene rings is 1. The number of anilines is 1. The molecule has 2 N–H and O–H groups in total. The molecule has 1 atom stereocenters. The van der Waals surface area contributed by atoms with Crippen LogP contribution in [0.1, 0.15) is 47.1 Å². The molecule has 124 valence electrons. The molecule has 24 heavy (non-hydrogen) atoms. The van der Waals surface area contributed by atoms with E-state index < -0.39 is 0 Å². The third-order valence-electron chi connectivity index (χ3n) is 4.62. The molecule has 4 rings (SSSR count). The van der Waals surface area contributed by atoms with Gasteiger partial charge in [0, 0.05) is 33.9 Å². The van der Waals surface area contributed by atoms with E-state index in [0.717, 1.165) is 47.6 Å². The standard InChI is InChI=1S/C18H19N3O2S/c19-9-11-17(12-10-22-8-6-13(12)21-18(11)20)16-5-4-15(24-16)14-3-1-2-7-23-14/h4-5,14H,1-3,6-8,10H2,(H2,20,21)/t14-/m1/s1. The SMILES string of the molecule is N#Cc1c(N)nc2c(c1-c1ccc([C@H]3CCCCO3)s1)COCC2. The number of fused-ring (bicyclic) bond motifs is 1. The molecule has 1 fully saturated rings. The molecule has 2 aliphatic heterocycles. The van der Waals surface area contributed by atoms with Crippen LogP contribution in [0.2, 0.25) is 0 Å². The summed E-state index contributed by atoms with van der Waals surface area (Å²) in [6.07, 6.45) is 4.31. The van der Waals surface area contributed by atoms with Crippen LogP contribution in [-0.4, -0.2) is 18.2 Å². The Morgan fingerprint density at radius 1 is 1.29 bits per heavy atom. The summed E-state index contributed by atoms with van der Waals surface area (Å²) in [5, 5.41) is 9.59. The normalized spacial score (nSPS) is 20.4. The number of hydrogen-bond donors (Lipinski definition) is 1. The lowest BCUT2D eigenvalue weighted by Gasteiger charge is -2.22. The number of hydrogen-bond acceptors (Lipinski definition) is 6. The van der Waals surface area contributed by atoms with Gasteiger partial charge in [-0.2, -0.15) is 5.26 Å². The van der Waals surface area contributed by atoms with Crippen molar-refractivity contribution in [3.8, 4) is 16.5 Å². The van der Waals surface area contributed by atoms with E-state index in [-0.39, 0.29) is 6.10 Å². The van der Waals surface area contributed by atoms with Crippen LogP contribution in [0.4, 0.5) is 5.82 Å². The van der Waals surface area contributed by atoms with Crippen molar-refractivity contribution in [1.29, 1.82) is 5.26 Å². The lowest BCUT2D eigenvalue weighted by atomic mass is 9.97. The number of pyridine rings is 1. The molecule has 1 saturated heterocycles. The molecular formula is C18H19N3O2S. The zero-order chi connectivity index (χ0) is 16.5. The maximum absolute atomic E-state index is 9.59. The first kappa shape index (κ1) is 15.6. The van der Waals surface area contributed by atoms with Crippen molar-refractivity contribution in [3.05, 3.63) is 33.8 Å². The second kappa shape index (κ2) is 6.52. The average molecular weight is 341 g/mol. The molecule has 2 aromatic heterocycles. The summed E-state index contributed by atoms with van der Waals surface area (Å²) < 4.78 is 11.5. The Morgan fingerprint density at radius 3 is 3.00 bits per heavy atom. The van der Waals surface area contributed by atoms with E-state index in [4.69, 9.17) is 15.2 Å². The van der Waals surface area contributed by atoms with Crippen molar-refractivity contribution < 1.29 is 9.47 Å². The van der Waals surface area contributed by atoms with Gasteiger partial charge in [-0.15, -0.1) is 11.3 Å². The van der Waals surface area contributed by atoms with Gasteiger partial charge in [-0.05, 0) is 31.4 Å². The topological polar surface area (TPSA) is 81.2 Å². The smallest absolute Gasteiger partial charge is 0.142 e. The second-order valence-corrected chi connectivity index (χ2v) is 7.26. The van der Waals surface area contributed by atoms with Crippen LogP contribution in [0.5, 0.6) is 0 Å².